The molecule has 8 atom stereocenters. The Kier molecular flexibility index (Phi) is 2.45. The molecule has 4 fully saturated rings. The maximum absolute atomic E-state index is 5.53. The maximum atomic E-state index is 5.53. The summed E-state index contributed by atoms with van der Waals surface area (Å²) in [6.45, 7) is 2.08. The molecule has 5 rings (SSSR count). The largest absolute Gasteiger partial charge is 0.381 e. The predicted molar refractivity (Wildman–Crippen MR) is 75.6 cm³/mol. The van der Waals surface area contributed by atoms with Gasteiger partial charge in [0.1, 0.15) is 0 Å². The van der Waals surface area contributed by atoms with E-state index < -0.39 is 0 Å². The Morgan fingerprint density at radius 3 is 2.68 bits per heavy atom. The van der Waals surface area contributed by atoms with E-state index in [0.717, 1.165) is 60.6 Å². The zero-order chi connectivity index (χ0) is 12.4. The first-order valence-electron chi connectivity index (χ1n) is 8.66. The zero-order valence-electron chi connectivity index (χ0n) is 11.8. The molecule has 1 saturated heterocycles. The van der Waals surface area contributed by atoms with Crippen molar-refractivity contribution in [2.75, 3.05) is 13.2 Å². The lowest BCUT2D eigenvalue weighted by molar-refractivity contribution is 0.135. The fraction of sp³-hybridized carbons (Fsp3) is 0.889. The van der Waals surface area contributed by atoms with Crippen molar-refractivity contribution in [1.29, 1.82) is 0 Å². The van der Waals surface area contributed by atoms with Gasteiger partial charge in [-0.25, -0.2) is 0 Å². The van der Waals surface area contributed by atoms with Crippen LogP contribution in [0.25, 0.3) is 0 Å². The van der Waals surface area contributed by atoms with Crippen molar-refractivity contribution in [3.63, 3.8) is 0 Å². The number of allylic oxidation sites excluding steroid dienone is 2. The van der Waals surface area contributed by atoms with E-state index in [2.05, 4.69) is 12.2 Å². The fourth-order valence-electron chi connectivity index (χ4n) is 6.75. The summed E-state index contributed by atoms with van der Waals surface area (Å²) in [4.78, 5) is 0. The Hall–Kier alpha value is -0.300. The van der Waals surface area contributed by atoms with Crippen molar-refractivity contribution in [2.45, 2.75) is 38.5 Å². The van der Waals surface area contributed by atoms with Gasteiger partial charge in [-0.05, 0) is 85.9 Å². The highest BCUT2D eigenvalue weighted by molar-refractivity contribution is 5.20. The second kappa shape index (κ2) is 4.10. The standard InChI is InChI=1S/C18H26O/c1(11-5-6-19-10-11)2-12-7-15-9-16(12)18-14-4-3-13(8-14)17(15)18/h3-4,11-18H,1-2,5-10H2. The molecular formula is C18H26O. The molecule has 0 N–H and O–H groups in total. The molecule has 0 aromatic rings. The summed E-state index contributed by atoms with van der Waals surface area (Å²) in [5.41, 5.74) is 0. The van der Waals surface area contributed by atoms with Gasteiger partial charge < -0.3 is 4.74 Å². The molecule has 0 aromatic carbocycles. The highest BCUT2D eigenvalue weighted by Crippen LogP contribution is 2.67. The monoisotopic (exact) mass is 258 g/mol. The maximum Gasteiger partial charge on any atom is 0.0495 e. The lowest BCUT2D eigenvalue weighted by Crippen LogP contribution is -2.31. The number of rotatable bonds is 3. The Bertz CT molecular complexity index is 394. The van der Waals surface area contributed by atoms with Crippen LogP contribution in [0.3, 0.4) is 0 Å². The van der Waals surface area contributed by atoms with Crippen LogP contribution in [0.2, 0.25) is 0 Å². The van der Waals surface area contributed by atoms with Crippen LogP contribution in [0.5, 0.6) is 0 Å². The molecule has 8 unspecified atom stereocenters. The van der Waals surface area contributed by atoms with Gasteiger partial charge in [-0.1, -0.05) is 12.2 Å². The molecule has 0 spiro atoms. The molecule has 0 radical (unpaired) electrons. The van der Waals surface area contributed by atoms with Crippen molar-refractivity contribution in [2.24, 2.45) is 47.3 Å². The molecule has 0 amide bonds. The smallest absolute Gasteiger partial charge is 0.0495 e. The summed E-state index contributed by atoms with van der Waals surface area (Å²) in [7, 11) is 0. The van der Waals surface area contributed by atoms with Crippen molar-refractivity contribution in [3.8, 4) is 0 Å². The van der Waals surface area contributed by atoms with Crippen LogP contribution in [0.4, 0.5) is 0 Å². The number of hydrogen-bond acceptors (Lipinski definition) is 1. The van der Waals surface area contributed by atoms with Crippen molar-refractivity contribution in [1.82, 2.24) is 0 Å². The first-order valence-corrected chi connectivity index (χ1v) is 8.66. The minimum atomic E-state index is 0.898. The van der Waals surface area contributed by atoms with Crippen LogP contribution in [0.1, 0.15) is 38.5 Å². The van der Waals surface area contributed by atoms with Crippen molar-refractivity contribution >= 4 is 0 Å². The van der Waals surface area contributed by atoms with Gasteiger partial charge in [0.2, 0.25) is 0 Å². The molecule has 4 aliphatic carbocycles. The Balaban J connectivity index is 1.27. The summed E-state index contributed by atoms with van der Waals surface area (Å²) in [6, 6.07) is 0. The van der Waals surface area contributed by atoms with Gasteiger partial charge in [0.05, 0.1) is 0 Å². The zero-order valence-corrected chi connectivity index (χ0v) is 11.8. The average molecular weight is 258 g/mol. The molecule has 0 aromatic heterocycles. The number of fused-ring (bicyclic) bond motifs is 9. The minimum absolute atomic E-state index is 0.898. The van der Waals surface area contributed by atoms with Gasteiger partial charge >= 0.3 is 0 Å². The van der Waals surface area contributed by atoms with E-state index in [1.807, 2.05) is 0 Å². The third-order valence-corrected chi connectivity index (χ3v) is 7.38. The summed E-state index contributed by atoms with van der Waals surface area (Å²) in [6.07, 6.45) is 14.1. The van der Waals surface area contributed by atoms with Crippen LogP contribution >= 0.6 is 0 Å². The fourth-order valence-corrected chi connectivity index (χ4v) is 6.75. The average Bonchev–Trinajstić information content (AvgIpc) is 3.18. The van der Waals surface area contributed by atoms with Gasteiger partial charge in [-0.15, -0.1) is 0 Å². The summed E-state index contributed by atoms with van der Waals surface area (Å²) in [5.74, 6) is 8.41. The number of ether oxygens (including phenoxy) is 1. The summed E-state index contributed by atoms with van der Waals surface area (Å²) >= 11 is 0. The van der Waals surface area contributed by atoms with E-state index in [0.29, 0.717) is 0 Å². The SMILES string of the molecule is C1=CC2CC1C1C3CC(CCC4CCOC4)C(C3)C21. The molecule has 1 heterocycles. The lowest BCUT2D eigenvalue weighted by Gasteiger charge is -2.37. The molecule has 104 valence electrons. The first-order chi connectivity index (χ1) is 9.40. The second-order valence-corrected chi connectivity index (χ2v) is 8.07. The molecule has 5 aliphatic rings. The third-order valence-electron chi connectivity index (χ3n) is 7.38. The first kappa shape index (κ1) is 11.4. The third kappa shape index (κ3) is 1.57. The van der Waals surface area contributed by atoms with Crippen LogP contribution in [0, 0.1) is 47.3 Å². The minimum Gasteiger partial charge on any atom is -0.381 e. The molecular weight excluding hydrogens is 232 g/mol. The van der Waals surface area contributed by atoms with Crippen LogP contribution in [-0.4, -0.2) is 13.2 Å². The molecule has 1 heteroatoms. The van der Waals surface area contributed by atoms with Crippen LogP contribution in [-0.2, 0) is 4.74 Å². The highest BCUT2D eigenvalue weighted by Gasteiger charge is 2.60. The second-order valence-electron chi connectivity index (χ2n) is 8.07. The van der Waals surface area contributed by atoms with E-state index in [-0.39, 0.29) is 0 Å². The molecule has 4 bridgehead atoms. The number of hydrogen-bond donors (Lipinski definition) is 0. The predicted octanol–water partition coefficient (Wildman–Crippen LogP) is 3.90. The Morgan fingerprint density at radius 2 is 1.84 bits per heavy atom. The van der Waals surface area contributed by atoms with Gasteiger partial charge in [-0.2, -0.15) is 0 Å². The van der Waals surface area contributed by atoms with E-state index in [9.17, 15) is 0 Å². The Morgan fingerprint density at radius 1 is 0.947 bits per heavy atom. The van der Waals surface area contributed by atoms with E-state index >= 15 is 0 Å². The topological polar surface area (TPSA) is 9.23 Å². The quantitative estimate of drug-likeness (QED) is 0.551. The van der Waals surface area contributed by atoms with Gasteiger partial charge in [0.25, 0.3) is 0 Å². The summed E-state index contributed by atoms with van der Waals surface area (Å²) < 4.78 is 5.53. The van der Waals surface area contributed by atoms with E-state index in [4.69, 9.17) is 4.74 Å². The molecule has 1 nitrogen and oxygen atoms in total. The van der Waals surface area contributed by atoms with E-state index in [1.54, 1.807) is 12.8 Å². The lowest BCUT2D eigenvalue weighted by atomic mass is 9.68. The van der Waals surface area contributed by atoms with E-state index in [1.165, 1.54) is 25.7 Å². The normalized spacial score (nSPS) is 57.3. The Labute approximate surface area is 116 Å². The molecule has 19 heavy (non-hydrogen) atoms. The highest BCUT2D eigenvalue weighted by atomic mass is 16.5. The van der Waals surface area contributed by atoms with Gasteiger partial charge in [0, 0.05) is 13.2 Å². The van der Waals surface area contributed by atoms with Crippen LogP contribution in [0.15, 0.2) is 12.2 Å². The summed E-state index contributed by atoms with van der Waals surface area (Å²) in [5, 5.41) is 0. The van der Waals surface area contributed by atoms with Crippen LogP contribution < -0.4 is 0 Å². The van der Waals surface area contributed by atoms with Gasteiger partial charge in [0.15, 0.2) is 0 Å². The van der Waals surface area contributed by atoms with Crippen molar-refractivity contribution in [3.05, 3.63) is 12.2 Å². The molecule has 1 aliphatic heterocycles. The van der Waals surface area contributed by atoms with Gasteiger partial charge in [-0.3, -0.25) is 0 Å². The molecule has 3 saturated carbocycles. The van der Waals surface area contributed by atoms with Crippen molar-refractivity contribution < 1.29 is 4.74 Å².